The zero-order valence-corrected chi connectivity index (χ0v) is 17.0. The molecule has 0 aromatic heterocycles. The van der Waals surface area contributed by atoms with Gasteiger partial charge in [-0.15, -0.1) is 0 Å². The molecule has 2 heterocycles. The highest BCUT2D eigenvalue weighted by Gasteiger charge is 2.37. The molecular weight excluding hydrogens is 392 g/mol. The fourth-order valence-corrected chi connectivity index (χ4v) is 3.67. The van der Waals surface area contributed by atoms with Crippen molar-refractivity contribution in [3.8, 4) is 5.75 Å². The van der Waals surface area contributed by atoms with Crippen LogP contribution in [-0.4, -0.2) is 23.4 Å². The Hall–Kier alpha value is -3.12. The van der Waals surface area contributed by atoms with Gasteiger partial charge in [-0.1, -0.05) is 23.7 Å². The third kappa shape index (κ3) is 3.51. The van der Waals surface area contributed by atoms with E-state index >= 15 is 0 Å². The minimum atomic E-state index is -0.804. The number of urea groups is 1. The van der Waals surface area contributed by atoms with Crippen LogP contribution in [0.1, 0.15) is 30.5 Å². The molecule has 148 valence electrons. The molecule has 1 N–H and O–H groups in total. The van der Waals surface area contributed by atoms with Crippen molar-refractivity contribution in [2.24, 2.45) is 0 Å². The fourth-order valence-electron chi connectivity index (χ4n) is 3.50. The van der Waals surface area contributed by atoms with Gasteiger partial charge in [0.1, 0.15) is 16.9 Å². The highest BCUT2D eigenvalue weighted by molar-refractivity contribution is 6.39. The van der Waals surface area contributed by atoms with Crippen LogP contribution in [0.3, 0.4) is 0 Å². The van der Waals surface area contributed by atoms with Crippen LogP contribution in [0.25, 0.3) is 6.08 Å². The van der Waals surface area contributed by atoms with E-state index in [4.69, 9.17) is 16.3 Å². The number of carbonyl (C=O) groups excluding carboxylic acids is 3. The Kier molecular flexibility index (Phi) is 4.46. The number of ether oxygens (including phenoxy) is 1. The van der Waals surface area contributed by atoms with Crippen LogP contribution in [-0.2, 0) is 16.0 Å². The Labute approximate surface area is 173 Å². The Morgan fingerprint density at radius 1 is 1.14 bits per heavy atom. The number of hydrogen-bond donors (Lipinski definition) is 1. The summed E-state index contributed by atoms with van der Waals surface area (Å²) >= 11 is 6.14. The summed E-state index contributed by atoms with van der Waals surface area (Å²) < 4.78 is 5.86. The van der Waals surface area contributed by atoms with Crippen LogP contribution in [0.15, 0.2) is 42.0 Å². The van der Waals surface area contributed by atoms with E-state index in [1.165, 1.54) is 12.1 Å². The molecule has 6 nitrogen and oxygen atoms in total. The number of fused-ring (bicyclic) bond motifs is 1. The van der Waals surface area contributed by atoms with Gasteiger partial charge in [-0.3, -0.25) is 14.9 Å². The maximum atomic E-state index is 13.0. The monoisotopic (exact) mass is 410 g/mol. The highest BCUT2D eigenvalue weighted by atomic mass is 35.5. The van der Waals surface area contributed by atoms with E-state index in [9.17, 15) is 14.4 Å². The molecule has 0 radical (unpaired) electrons. The Balaban J connectivity index is 1.70. The lowest BCUT2D eigenvalue weighted by molar-refractivity contribution is -0.122. The van der Waals surface area contributed by atoms with Gasteiger partial charge in [0.15, 0.2) is 0 Å². The molecule has 0 saturated carbocycles. The summed E-state index contributed by atoms with van der Waals surface area (Å²) in [6, 6.07) is 9.53. The predicted octanol–water partition coefficient (Wildman–Crippen LogP) is 4.03. The first-order valence-corrected chi connectivity index (χ1v) is 9.52. The topological polar surface area (TPSA) is 75.7 Å². The smallest absolute Gasteiger partial charge is 0.335 e. The van der Waals surface area contributed by atoms with Crippen molar-refractivity contribution in [1.29, 1.82) is 0 Å². The molecule has 2 aromatic rings. The number of amides is 4. The van der Waals surface area contributed by atoms with Crippen molar-refractivity contribution < 1.29 is 19.1 Å². The largest absolute Gasteiger partial charge is 0.487 e. The van der Waals surface area contributed by atoms with Crippen LogP contribution in [0.2, 0.25) is 5.02 Å². The number of imide groups is 2. The van der Waals surface area contributed by atoms with Gasteiger partial charge in [0.2, 0.25) is 0 Å². The second-order valence-electron chi connectivity index (χ2n) is 7.80. The van der Waals surface area contributed by atoms with Gasteiger partial charge >= 0.3 is 6.03 Å². The number of carbonyl (C=O) groups is 3. The Morgan fingerprint density at radius 2 is 1.90 bits per heavy atom. The van der Waals surface area contributed by atoms with Crippen molar-refractivity contribution >= 4 is 41.2 Å². The van der Waals surface area contributed by atoms with Crippen molar-refractivity contribution in [3.63, 3.8) is 0 Å². The van der Waals surface area contributed by atoms with Gasteiger partial charge in [0.05, 0.1) is 5.69 Å². The van der Waals surface area contributed by atoms with Crippen molar-refractivity contribution in [2.75, 3.05) is 4.90 Å². The number of nitrogens with one attached hydrogen (secondary N) is 1. The molecule has 0 bridgehead atoms. The molecule has 0 aliphatic carbocycles. The van der Waals surface area contributed by atoms with Crippen LogP contribution in [0, 0.1) is 6.92 Å². The van der Waals surface area contributed by atoms with Gasteiger partial charge in [-0.25, -0.2) is 9.69 Å². The minimum Gasteiger partial charge on any atom is -0.487 e. The molecule has 29 heavy (non-hydrogen) atoms. The first-order valence-electron chi connectivity index (χ1n) is 9.14. The normalized spacial score (nSPS) is 19.2. The van der Waals surface area contributed by atoms with Crippen molar-refractivity contribution in [1.82, 2.24) is 5.32 Å². The molecule has 1 saturated heterocycles. The Bertz CT molecular complexity index is 1100. The summed E-state index contributed by atoms with van der Waals surface area (Å²) in [4.78, 5) is 38.6. The van der Waals surface area contributed by atoms with Crippen LogP contribution >= 0.6 is 11.6 Å². The summed E-state index contributed by atoms with van der Waals surface area (Å²) in [7, 11) is 0. The molecule has 0 atom stereocenters. The number of aryl methyl sites for hydroxylation is 1. The second-order valence-corrected chi connectivity index (χ2v) is 8.20. The standard InChI is InChI=1S/C22H19ClN2O4/c1-12-4-6-15(10-17(12)23)25-20(27)16(19(26)24-21(25)28)9-13-5-7-18-14(8-13)11-22(2,3)29-18/h4-10H,11H2,1-3H3,(H,24,26,28)/b16-9+. The van der Waals surface area contributed by atoms with Crippen LogP contribution in [0.4, 0.5) is 10.5 Å². The summed E-state index contributed by atoms with van der Waals surface area (Å²) in [5.41, 5.74) is 2.38. The maximum Gasteiger partial charge on any atom is 0.335 e. The number of anilines is 1. The molecule has 0 unspecified atom stereocenters. The van der Waals surface area contributed by atoms with Crippen LogP contribution in [0.5, 0.6) is 5.75 Å². The van der Waals surface area contributed by atoms with E-state index in [2.05, 4.69) is 5.32 Å². The fraction of sp³-hybridized carbons (Fsp3) is 0.227. The number of halogens is 1. The molecule has 1 fully saturated rings. The first-order chi connectivity index (χ1) is 13.6. The van der Waals surface area contributed by atoms with E-state index in [0.717, 1.165) is 28.2 Å². The van der Waals surface area contributed by atoms with E-state index in [0.29, 0.717) is 16.3 Å². The van der Waals surface area contributed by atoms with Gasteiger partial charge in [-0.05, 0) is 67.8 Å². The summed E-state index contributed by atoms with van der Waals surface area (Å²) in [5, 5.41) is 2.64. The summed E-state index contributed by atoms with van der Waals surface area (Å²) in [6.07, 6.45) is 2.21. The quantitative estimate of drug-likeness (QED) is 0.599. The second kappa shape index (κ2) is 6.74. The Morgan fingerprint density at radius 3 is 2.62 bits per heavy atom. The number of benzene rings is 2. The van der Waals surface area contributed by atoms with E-state index in [1.807, 2.05) is 32.9 Å². The lowest BCUT2D eigenvalue weighted by atomic mass is 9.99. The number of rotatable bonds is 2. The third-order valence-electron chi connectivity index (χ3n) is 4.91. The van der Waals surface area contributed by atoms with Crippen molar-refractivity contribution in [3.05, 3.63) is 63.7 Å². The van der Waals surface area contributed by atoms with Gasteiger partial charge < -0.3 is 4.74 Å². The van der Waals surface area contributed by atoms with E-state index in [-0.39, 0.29) is 11.2 Å². The lowest BCUT2D eigenvalue weighted by Gasteiger charge is -2.26. The van der Waals surface area contributed by atoms with Crippen LogP contribution < -0.4 is 15.0 Å². The molecule has 2 aliphatic rings. The highest BCUT2D eigenvalue weighted by Crippen LogP contribution is 2.35. The zero-order valence-electron chi connectivity index (χ0n) is 16.2. The molecule has 4 amide bonds. The molecule has 2 aliphatic heterocycles. The predicted molar refractivity (Wildman–Crippen MR) is 110 cm³/mol. The van der Waals surface area contributed by atoms with Gasteiger partial charge in [-0.2, -0.15) is 0 Å². The molecule has 2 aromatic carbocycles. The average Bonchev–Trinajstić information content (AvgIpc) is 2.94. The molecular formula is C22H19ClN2O4. The zero-order chi connectivity index (χ0) is 20.9. The first kappa shape index (κ1) is 19.2. The number of barbiturate groups is 1. The van der Waals surface area contributed by atoms with Crippen molar-refractivity contribution in [2.45, 2.75) is 32.8 Å². The minimum absolute atomic E-state index is 0.126. The van der Waals surface area contributed by atoms with E-state index in [1.54, 1.807) is 18.2 Å². The van der Waals surface area contributed by atoms with E-state index < -0.39 is 17.8 Å². The summed E-state index contributed by atoms with van der Waals surface area (Å²) in [5.74, 6) is -0.634. The average molecular weight is 411 g/mol. The number of hydrogen-bond acceptors (Lipinski definition) is 4. The lowest BCUT2D eigenvalue weighted by Crippen LogP contribution is -2.54. The number of nitrogens with zero attached hydrogens (tertiary/aromatic N) is 1. The molecule has 0 spiro atoms. The van der Waals surface area contributed by atoms with Gasteiger partial charge in [0.25, 0.3) is 11.8 Å². The SMILES string of the molecule is Cc1ccc(N2C(=O)NC(=O)/C(=C\c3ccc4c(c3)CC(C)(C)O4)C2=O)cc1Cl. The van der Waals surface area contributed by atoms with Gasteiger partial charge in [0, 0.05) is 11.4 Å². The maximum absolute atomic E-state index is 13.0. The summed E-state index contributed by atoms with van der Waals surface area (Å²) in [6.45, 7) is 5.82. The molecule has 7 heteroatoms. The molecule has 4 rings (SSSR count). The third-order valence-corrected chi connectivity index (χ3v) is 5.32.